The second kappa shape index (κ2) is 4.77. The van der Waals surface area contributed by atoms with Gasteiger partial charge in [0.15, 0.2) is 0 Å². The van der Waals surface area contributed by atoms with Crippen molar-refractivity contribution in [1.29, 1.82) is 0 Å². The zero-order chi connectivity index (χ0) is 7.52. The molecule has 0 nitrogen and oxygen atoms in total. The molecule has 0 saturated carbocycles. The van der Waals surface area contributed by atoms with Gasteiger partial charge >= 0.3 is 0 Å². The van der Waals surface area contributed by atoms with E-state index in [0.717, 1.165) is 19.3 Å². The molecule has 60 valence electrons. The maximum atomic E-state index is 3.32. The fraction of sp³-hybridized carbons (Fsp3) is 0.273. The van der Waals surface area contributed by atoms with Crippen molar-refractivity contribution in [2.45, 2.75) is 19.3 Å². The Hall–Kier alpha value is -0.157. The van der Waals surface area contributed by atoms with Gasteiger partial charge in [-0.25, -0.2) is 11.6 Å². The molecule has 0 aromatic heterocycles. The number of rotatable bonds is 2. The van der Waals surface area contributed by atoms with Gasteiger partial charge in [-0.3, -0.25) is 6.08 Å². The van der Waals surface area contributed by atoms with Crippen molar-refractivity contribution in [1.82, 2.24) is 0 Å². The topological polar surface area (TPSA) is 0 Å². The monoisotopic (exact) mass is 233 g/mol. The summed E-state index contributed by atoms with van der Waals surface area (Å²) in [4.78, 5) is 0. The van der Waals surface area contributed by atoms with E-state index in [0.29, 0.717) is 0 Å². The van der Waals surface area contributed by atoms with Gasteiger partial charge in [0.1, 0.15) is 0 Å². The van der Waals surface area contributed by atoms with E-state index in [1.54, 1.807) is 0 Å². The zero-order valence-corrected chi connectivity index (χ0v) is 9.47. The van der Waals surface area contributed by atoms with Crippen molar-refractivity contribution in [2.24, 2.45) is 0 Å². The average Bonchev–Trinajstić information content (AvgIpc) is 2.60. The molecule has 2 rings (SSSR count). The van der Waals surface area contributed by atoms with Crippen LogP contribution in [-0.2, 0) is 26.2 Å². The molecule has 1 heteroatoms. The Morgan fingerprint density at radius 2 is 2.25 bits per heavy atom. The number of hydrogen-bond acceptors (Lipinski definition) is 0. The summed E-state index contributed by atoms with van der Waals surface area (Å²) >= 11 is 0. The van der Waals surface area contributed by atoms with Crippen molar-refractivity contribution >= 4 is 0 Å². The van der Waals surface area contributed by atoms with Crippen LogP contribution in [0.3, 0.4) is 0 Å². The Balaban J connectivity index is 0.000000720. The van der Waals surface area contributed by atoms with Crippen LogP contribution in [-0.4, -0.2) is 0 Å². The molecular weight excluding hydrogens is 223 g/mol. The standard InChI is InChI=1S/C11H11.Zr/c1-2-6-10(5-1)9-11-7-3-4-8-11;/h1-3,5,7H,4,6,9H2;/q-1;. The van der Waals surface area contributed by atoms with Gasteiger partial charge in [0, 0.05) is 26.2 Å². The van der Waals surface area contributed by atoms with Gasteiger partial charge in [0.25, 0.3) is 0 Å². The second-order valence-corrected chi connectivity index (χ2v) is 2.94. The SMILES string of the molecule is [C-]1=C(CC2=CC=CC2)C=CC1.[Zr]. The first kappa shape index (κ1) is 9.93. The Kier molecular flexibility index (Phi) is 3.94. The van der Waals surface area contributed by atoms with Crippen molar-refractivity contribution in [3.63, 3.8) is 0 Å². The molecule has 0 saturated heterocycles. The largest absolute Gasteiger partial charge is 0.269 e. The number of allylic oxidation sites excluding steroid dienone is 8. The first-order chi connectivity index (χ1) is 5.45. The second-order valence-electron chi connectivity index (χ2n) is 2.94. The maximum absolute atomic E-state index is 3.32. The summed E-state index contributed by atoms with van der Waals surface area (Å²) in [6.45, 7) is 0. The van der Waals surface area contributed by atoms with Gasteiger partial charge in [-0.15, -0.1) is 6.42 Å². The van der Waals surface area contributed by atoms with Crippen molar-refractivity contribution in [3.05, 3.63) is 47.6 Å². The quantitative estimate of drug-likeness (QED) is 0.645. The summed E-state index contributed by atoms with van der Waals surface area (Å²) < 4.78 is 0. The normalized spacial score (nSPS) is 19.0. The van der Waals surface area contributed by atoms with Crippen LogP contribution >= 0.6 is 0 Å². The van der Waals surface area contributed by atoms with Crippen LogP contribution in [0, 0.1) is 6.08 Å². The third-order valence-electron chi connectivity index (χ3n) is 2.03. The summed E-state index contributed by atoms with van der Waals surface area (Å²) in [5.74, 6) is 0. The molecule has 0 fully saturated rings. The van der Waals surface area contributed by atoms with Crippen molar-refractivity contribution in [2.75, 3.05) is 0 Å². The Morgan fingerprint density at radius 1 is 1.33 bits per heavy atom. The van der Waals surface area contributed by atoms with Crippen LogP contribution in [0.1, 0.15) is 19.3 Å². The summed E-state index contributed by atoms with van der Waals surface area (Å²) in [6, 6.07) is 0. The Bertz CT molecular complexity index is 267. The minimum absolute atomic E-state index is 0. The van der Waals surface area contributed by atoms with Crippen LogP contribution < -0.4 is 0 Å². The molecule has 2 aliphatic rings. The van der Waals surface area contributed by atoms with Gasteiger partial charge in [-0.05, 0) is 12.8 Å². The molecule has 0 amide bonds. The smallest absolute Gasteiger partial charge is 0 e. The first-order valence-corrected chi connectivity index (χ1v) is 4.06. The maximum Gasteiger partial charge on any atom is 0 e. The summed E-state index contributed by atoms with van der Waals surface area (Å²) in [7, 11) is 0. The molecule has 0 N–H and O–H groups in total. The minimum atomic E-state index is 0. The third kappa shape index (κ3) is 2.42. The van der Waals surface area contributed by atoms with E-state index < -0.39 is 0 Å². The zero-order valence-electron chi connectivity index (χ0n) is 7.01. The van der Waals surface area contributed by atoms with Crippen LogP contribution in [0.15, 0.2) is 41.5 Å². The van der Waals surface area contributed by atoms with Gasteiger partial charge in [-0.2, -0.15) is 6.08 Å². The molecular formula is C11H11Zr-. The molecule has 0 aromatic carbocycles. The molecule has 0 radical (unpaired) electrons. The van der Waals surface area contributed by atoms with Gasteiger partial charge < -0.3 is 0 Å². The fourth-order valence-corrected chi connectivity index (χ4v) is 1.44. The first-order valence-electron chi connectivity index (χ1n) is 4.06. The van der Waals surface area contributed by atoms with Gasteiger partial charge in [0.05, 0.1) is 0 Å². The molecule has 0 bridgehead atoms. The molecule has 12 heavy (non-hydrogen) atoms. The molecule has 0 heterocycles. The van der Waals surface area contributed by atoms with Crippen LogP contribution in [0.4, 0.5) is 0 Å². The molecule has 0 aromatic rings. The number of hydrogen-bond donors (Lipinski definition) is 0. The van der Waals surface area contributed by atoms with E-state index in [4.69, 9.17) is 0 Å². The van der Waals surface area contributed by atoms with E-state index >= 15 is 0 Å². The Morgan fingerprint density at radius 3 is 2.83 bits per heavy atom. The predicted octanol–water partition coefficient (Wildman–Crippen LogP) is 2.95. The third-order valence-corrected chi connectivity index (χ3v) is 2.03. The van der Waals surface area contributed by atoms with Crippen LogP contribution in [0.2, 0.25) is 0 Å². The van der Waals surface area contributed by atoms with Gasteiger partial charge in [-0.1, -0.05) is 23.8 Å². The molecule has 2 aliphatic carbocycles. The summed E-state index contributed by atoms with van der Waals surface area (Å²) in [5, 5.41) is 0. The minimum Gasteiger partial charge on any atom is -0.269 e. The van der Waals surface area contributed by atoms with E-state index in [1.165, 1.54) is 11.1 Å². The van der Waals surface area contributed by atoms with Gasteiger partial charge in [0.2, 0.25) is 0 Å². The summed E-state index contributed by atoms with van der Waals surface area (Å²) in [5.41, 5.74) is 2.87. The van der Waals surface area contributed by atoms with Crippen LogP contribution in [0.25, 0.3) is 0 Å². The van der Waals surface area contributed by atoms with Crippen LogP contribution in [0.5, 0.6) is 0 Å². The van der Waals surface area contributed by atoms with Crippen molar-refractivity contribution in [3.8, 4) is 0 Å². The van der Waals surface area contributed by atoms with E-state index in [-0.39, 0.29) is 26.2 Å². The average molecular weight is 234 g/mol. The molecule has 0 spiro atoms. The Labute approximate surface area is 92.9 Å². The van der Waals surface area contributed by atoms with E-state index in [1.807, 2.05) is 0 Å². The van der Waals surface area contributed by atoms with E-state index in [9.17, 15) is 0 Å². The predicted molar refractivity (Wildman–Crippen MR) is 47.0 cm³/mol. The fourth-order valence-electron chi connectivity index (χ4n) is 1.44. The van der Waals surface area contributed by atoms with E-state index in [2.05, 4.69) is 36.5 Å². The molecule has 0 unspecified atom stereocenters. The molecule has 0 atom stereocenters. The van der Waals surface area contributed by atoms with Crippen molar-refractivity contribution < 1.29 is 26.2 Å². The summed E-state index contributed by atoms with van der Waals surface area (Å²) in [6.07, 6.45) is 17.5. The molecule has 0 aliphatic heterocycles.